The summed E-state index contributed by atoms with van der Waals surface area (Å²) in [6.07, 6.45) is 4.22. The Morgan fingerprint density at radius 3 is 2.33 bits per heavy atom. The van der Waals surface area contributed by atoms with Gasteiger partial charge in [0.25, 0.3) is 5.91 Å². The van der Waals surface area contributed by atoms with Gasteiger partial charge in [-0.15, -0.1) is 0 Å². The molecule has 1 fully saturated rings. The Morgan fingerprint density at radius 2 is 1.76 bits per heavy atom. The molecule has 0 bridgehead atoms. The summed E-state index contributed by atoms with van der Waals surface area (Å²) in [7, 11) is 4.69. The molecule has 1 aliphatic heterocycles. The van der Waals surface area contributed by atoms with Crippen LogP contribution in [-0.2, 0) is 0 Å². The van der Waals surface area contributed by atoms with Crippen LogP contribution in [0, 0.1) is 0 Å². The monoisotopic (exact) mass is 452 g/mol. The first-order chi connectivity index (χ1) is 16.0. The minimum absolute atomic E-state index is 0.0296. The van der Waals surface area contributed by atoms with E-state index in [9.17, 15) is 4.79 Å². The van der Waals surface area contributed by atoms with E-state index in [0.29, 0.717) is 29.4 Å². The maximum Gasteiger partial charge on any atom is 0.254 e. The summed E-state index contributed by atoms with van der Waals surface area (Å²) in [5.41, 5.74) is 2.80. The van der Waals surface area contributed by atoms with Crippen LogP contribution < -0.4 is 14.2 Å². The highest BCUT2D eigenvalue weighted by atomic mass is 16.5. The smallest absolute Gasteiger partial charge is 0.254 e. The van der Waals surface area contributed by atoms with E-state index in [0.717, 1.165) is 43.6 Å². The summed E-state index contributed by atoms with van der Waals surface area (Å²) in [6.45, 7) is 7.77. The van der Waals surface area contributed by atoms with E-state index in [1.807, 2.05) is 23.1 Å². The highest BCUT2D eigenvalue weighted by molar-refractivity contribution is 5.96. The number of carbonyl (C=O) groups is 1. The maximum absolute atomic E-state index is 13.9. The second-order valence-corrected chi connectivity index (χ2v) is 8.44. The molecule has 1 aliphatic rings. The van der Waals surface area contributed by atoms with Crippen molar-refractivity contribution in [3.8, 4) is 17.2 Å². The van der Waals surface area contributed by atoms with Crippen LogP contribution in [0.25, 0.3) is 6.08 Å². The number of hydrogen-bond acceptors (Lipinski definition) is 5. The van der Waals surface area contributed by atoms with E-state index in [1.54, 1.807) is 33.5 Å². The summed E-state index contributed by atoms with van der Waals surface area (Å²) in [6, 6.07) is 13.8. The van der Waals surface area contributed by atoms with E-state index >= 15 is 0 Å². The molecule has 1 atom stereocenters. The molecule has 33 heavy (non-hydrogen) atoms. The van der Waals surface area contributed by atoms with Crippen molar-refractivity contribution in [2.45, 2.75) is 32.7 Å². The average Bonchev–Trinajstić information content (AvgIpc) is 2.86. The van der Waals surface area contributed by atoms with Crippen molar-refractivity contribution < 1.29 is 19.0 Å². The van der Waals surface area contributed by atoms with Gasteiger partial charge in [-0.3, -0.25) is 4.79 Å². The first kappa shape index (κ1) is 24.6. The summed E-state index contributed by atoms with van der Waals surface area (Å²) >= 11 is 0. The maximum atomic E-state index is 13.9. The van der Waals surface area contributed by atoms with E-state index in [4.69, 9.17) is 14.2 Å². The Balaban J connectivity index is 1.96. The second-order valence-electron chi connectivity index (χ2n) is 8.44. The van der Waals surface area contributed by atoms with Gasteiger partial charge >= 0.3 is 0 Å². The zero-order valence-electron chi connectivity index (χ0n) is 20.5. The molecule has 0 aromatic heterocycles. The van der Waals surface area contributed by atoms with Crippen LogP contribution in [0.15, 0.2) is 48.0 Å². The van der Waals surface area contributed by atoms with Gasteiger partial charge in [0.2, 0.25) is 5.75 Å². The minimum Gasteiger partial charge on any atom is -0.493 e. The van der Waals surface area contributed by atoms with Gasteiger partial charge in [0.05, 0.1) is 21.3 Å². The normalized spacial score (nSPS) is 16.9. The highest BCUT2D eigenvalue weighted by Crippen LogP contribution is 2.38. The predicted octanol–water partition coefficient (Wildman–Crippen LogP) is 4.74. The number of likely N-dealkylation sites (N-methyl/N-ethyl adjacent to an activating group) is 1. The van der Waals surface area contributed by atoms with E-state index < -0.39 is 0 Å². The summed E-state index contributed by atoms with van der Waals surface area (Å²) < 4.78 is 16.4. The molecule has 0 spiro atoms. The zero-order valence-corrected chi connectivity index (χ0v) is 20.5. The van der Waals surface area contributed by atoms with Crippen molar-refractivity contribution in [3.63, 3.8) is 0 Å². The Bertz CT molecular complexity index is 933. The van der Waals surface area contributed by atoms with Gasteiger partial charge in [0.1, 0.15) is 0 Å². The lowest BCUT2D eigenvalue weighted by Crippen LogP contribution is -2.50. The lowest BCUT2D eigenvalue weighted by molar-refractivity contribution is 0.0577. The van der Waals surface area contributed by atoms with Gasteiger partial charge in [-0.05, 0) is 50.6 Å². The molecule has 6 nitrogen and oxygen atoms in total. The fourth-order valence-corrected chi connectivity index (χ4v) is 4.46. The molecule has 178 valence electrons. The summed E-state index contributed by atoms with van der Waals surface area (Å²) in [5.74, 6) is 1.42. The van der Waals surface area contributed by atoms with Crippen LogP contribution >= 0.6 is 0 Å². The van der Waals surface area contributed by atoms with E-state index in [1.165, 1.54) is 0 Å². The van der Waals surface area contributed by atoms with E-state index in [-0.39, 0.29) is 11.9 Å². The fourth-order valence-electron chi connectivity index (χ4n) is 4.46. The summed E-state index contributed by atoms with van der Waals surface area (Å²) in [5, 5.41) is 0. The average molecular weight is 453 g/mol. The number of piperidine rings is 1. The van der Waals surface area contributed by atoms with Crippen LogP contribution in [0.5, 0.6) is 17.2 Å². The Kier molecular flexibility index (Phi) is 8.78. The van der Waals surface area contributed by atoms with Crippen LogP contribution in [0.2, 0.25) is 0 Å². The second kappa shape index (κ2) is 11.8. The fraction of sp³-hybridized carbons (Fsp3) is 0.444. The SMILES string of the molecule is CCN1CCCC(N(C/C(C)=C/c2ccccc2)C(=O)c2cc(OC)c(OC)c(OC)c2)C1. The number of ether oxygens (including phenoxy) is 3. The van der Waals surface area contributed by atoms with Gasteiger partial charge in [0, 0.05) is 24.7 Å². The molecular weight excluding hydrogens is 416 g/mol. The highest BCUT2D eigenvalue weighted by Gasteiger charge is 2.30. The lowest BCUT2D eigenvalue weighted by Gasteiger charge is -2.39. The number of nitrogens with zero attached hydrogens (tertiary/aromatic N) is 2. The molecule has 1 saturated heterocycles. The van der Waals surface area contributed by atoms with Crippen molar-refractivity contribution in [1.82, 2.24) is 9.80 Å². The van der Waals surface area contributed by atoms with Gasteiger partial charge in [0.15, 0.2) is 11.5 Å². The number of likely N-dealkylation sites (tertiary alicyclic amines) is 1. The molecule has 0 radical (unpaired) electrons. The Hall–Kier alpha value is -2.99. The molecule has 0 saturated carbocycles. The Labute approximate surface area is 197 Å². The number of methoxy groups -OCH3 is 3. The first-order valence-corrected chi connectivity index (χ1v) is 11.6. The molecule has 2 aromatic carbocycles. The largest absolute Gasteiger partial charge is 0.493 e. The molecule has 2 aromatic rings. The molecule has 1 amide bonds. The van der Waals surface area contributed by atoms with Crippen molar-refractivity contribution in [3.05, 3.63) is 59.2 Å². The predicted molar refractivity (Wildman–Crippen MR) is 132 cm³/mol. The quantitative estimate of drug-likeness (QED) is 0.550. The number of amides is 1. The molecule has 3 rings (SSSR count). The molecular formula is C27H36N2O4. The molecule has 0 N–H and O–H groups in total. The van der Waals surface area contributed by atoms with Crippen molar-refractivity contribution >= 4 is 12.0 Å². The summed E-state index contributed by atoms with van der Waals surface area (Å²) in [4.78, 5) is 18.3. The number of hydrogen-bond donors (Lipinski definition) is 0. The minimum atomic E-state index is -0.0296. The number of rotatable bonds is 9. The molecule has 0 aliphatic carbocycles. The van der Waals surface area contributed by atoms with Gasteiger partial charge < -0.3 is 24.0 Å². The third kappa shape index (κ3) is 6.08. The topological polar surface area (TPSA) is 51.2 Å². The third-order valence-corrected chi connectivity index (χ3v) is 6.17. The van der Waals surface area contributed by atoms with Crippen LogP contribution in [0.1, 0.15) is 42.6 Å². The van der Waals surface area contributed by atoms with Crippen molar-refractivity contribution in [1.29, 1.82) is 0 Å². The van der Waals surface area contributed by atoms with Gasteiger partial charge in [-0.25, -0.2) is 0 Å². The van der Waals surface area contributed by atoms with Crippen LogP contribution in [-0.4, -0.2) is 69.3 Å². The zero-order chi connectivity index (χ0) is 23.8. The molecule has 1 heterocycles. The van der Waals surface area contributed by atoms with Crippen molar-refractivity contribution in [2.24, 2.45) is 0 Å². The standard InChI is InChI=1S/C27H36N2O4/c1-6-28-14-10-13-23(19-28)29(18-20(2)15-21-11-8-7-9-12-21)27(30)22-16-24(31-3)26(33-5)25(17-22)32-4/h7-9,11-12,15-17,23H,6,10,13-14,18-19H2,1-5H3/b20-15+. The number of benzene rings is 2. The lowest BCUT2D eigenvalue weighted by atomic mass is 10.0. The third-order valence-electron chi connectivity index (χ3n) is 6.17. The molecule has 1 unspecified atom stereocenters. The van der Waals surface area contributed by atoms with Crippen LogP contribution in [0.4, 0.5) is 0 Å². The Morgan fingerprint density at radius 1 is 1.09 bits per heavy atom. The van der Waals surface area contributed by atoms with Crippen LogP contribution in [0.3, 0.4) is 0 Å². The first-order valence-electron chi connectivity index (χ1n) is 11.6. The van der Waals surface area contributed by atoms with Gasteiger partial charge in [-0.1, -0.05) is 48.9 Å². The van der Waals surface area contributed by atoms with E-state index in [2.05, 4.69) is 37.0 Å². The number of carbonyl (C=O) groups excluding carboxylic acids is 1. The van der Waals surface area contributed by atoms with Gasteiger partial charge in [-0.2, -0.15) is 0 Å². The molecule has 6 heteroatoms. The van der Waals surface area contributed by atoms with Crippen molar-refractivity contribution in [2.75, 3.05) is 47.5 Å².